The maximum absolute atomic E-state index is 13.2. The van der Waals surface area contributed by atoms with E-state index in [-0.39, 0.29) is 18.2 Å². The summed E-state index contributed by atoms with van der Waals surface area (Å²) in [4.78, 5) is 12.0. The van der Waals surface area contributed by atoms with Gasteiger partial charge < -0.3 is 15.8 Å². The Bertz CT molecular complexity index is 580. The number of thioether (sulfide) groups is 1. The Kier molecular flexibility index (Phi) is 4.85. The van der Waals surface area contributed by atoms with Crippen LogP contribution in [0.5, 0.6) is 0 Å². The van der Waals surface area contributed by atoms with E-state index in [4.69, 9.17) is 0 Å². The average Bonchev–Trinajstić information content (AvgIpc) is 2.86. The average molecular weight is 307 g/mol. The van der Waals surface area contributed by atoms with Crippen LogP contribution in [0.3, 0.4) is 0 Å². The molecule has 0 aliphatic carbocycles. The molecular weight excluding hydrogens is 291 g/mol. The van der Waals surface area contributed by atoms with Crippen molar-refractivity contribution in [3.8, 4) is 0 Å². The molecule has 2 aliphatic rings. The summed E-state index contributed by atoms with van der Waals surface area (Å²) in [5.41, 5.74) is 5.70. The first-order valence-corrected chi connectivity index (χ1v) is 7.70. The zero-order chi connectivity index (χ0) is 15.4. The lowest BCUT2D eigenvalue weighted by atomic mass is 10.2. The van der Waals surface area contributed by atoms with Gasteiger partial charge in [0.05, 0.1) is 18.4 Å². The van der Waals surface area contributed by atoms with Gasteiger partial charge in [0, 0.05) is 12.2 Å². The summed E-state index contributed by atoms with van der Waals surface area (Å²) in [7, 11) is 0. The fraction of sp³-hybridized carbons (Fsp3) is 0.286. The highest BCUT2D eigenvalue weighted by Gasteiger charge is 2.24. The SMILES string of the molecule is C=C1[N-]N(C2=C[N-]C=C(F)C2)C=C1[N+](=C)C(=O)CCSC. The van der Waals surface area contributed by atoms with E-state index in [1.54, 1.807) is 18.0 Å². The van der Waals surface area contributed by atoms with E-state index in [0.29, 0.717) is 23.5 Å². The number of carbonyl (C=O) groups excluding carboxylic acids is 1. The van der Waals surface area contributed by atoms with Crippen molar-refractivity contribution in [2.75, 3.05) is 12.0 Å². The minimum Gasteiger partial charge on any atom is -0.667 e. The number of hydrogen-bond donors (Lipinski definition) is 0. The van der Waals surface area contributed by atoms with Gasteiger partial charge in [-0.05, 0) is 12.0 Å². The number of amides is 1. The Morgan fingerprint density at radius 1 is 1.57 bits per heavy atom. The molecule has 1 amide bonds. The molecule has 0 fully saturated rings. The summed E-state index contributed by atoms with van der Waals surface area (Å²) < 4.78 is 14.5. The largest absolute Gasteiger partial charge is 0.667 e. The molecule has 0 saturated carbocycles. The third kappa shape index (κ3) is 3.55. The molecule has 21 heavy (non-hydrogen) atoms. The second kappa shape index (κ2) is 6.62. The third-order valence-electron chi connectivity index (χ3n) is 2.96. The van der Waals surface area contributed by atoms with Crippen molar-refractivity contribution in [2.45, 2.75) is 12.8 Å². The number of rotatable bonds is 5. The van der Waals surface area contributed by atoms with Crippen LogP contribution in [0.1, 0.15) is 12.8 Å². The second-order valence-corrected chi connectivity index (χ2v) is 5.48. The summed E-state index contributed by atoms with van der Waals surface area (Å²) in [5.74, 6) is 0.283. The lowest BCUT2D eigenvalue weighted by Crippen LogP contribution is -2.19. The van der Waals surface area contributed by atoms with Crippen LogP contribution >= 0.6 is 11.8 Å². The van der Waals surface area contributed by atoms with E-state index in [1.165, 1.54) is 22.0 Å². The summed E-state index contributed by atoms with van der Waals surface area (Å²) >= 11 is 1.59. The van der Waals surface area contributed by atoms with E-state index < -0.39 is 0 Å². The van der Waals surface area contributed by atoms with Crippen LogP contribution in [0.4, 0.5) is 4.39 Å². The zero-order valence-corrected chi connectivity index (χ0v) is 12.6. The van der Waals surface area contributed by atoms with E-state index in [9.17, 15) is 9.18 Å². The highest BCUT2D eigenvalue weighted by molar-refractivity contribution is 7.98. The summed E-state index contributed by atoms with van der Waals surface area (Å²) in [6.07, 6.45) is 6.76. The molecule has 0 bridgehead atoms. The minimum absolute atomic E-state index is 0.109. The van der Waals surface area contributed by atoms with Crippen LogP contribution in [-0.4, -0.2) is 34.2 Å². The molecule has 2 rings (SSSR count). The fourth-order valence-electron chi connectivity index (χ4n) is 1.84. The quantitative estimate of drug-likeness (QED) is 0.578. The maximum atomic E-state index is 13.2. The van der Waals surface area contributed by atoms with Crippen LogP contribution in [0.25, 0.3) is 10.7 Å². The monoisotopic (exact) mass is 307 g/mol. The first-order chi connectivity index (χ1) is 10.0. The lowest BCUT2D eigenvalue weighted by molar-refractivity contribution is -0.388. The Morgan fingerprint density at radius 2 is 2.33 bits per heavy atom. The van der Waals surface area contributed by atoms with Gasteiger partial charge in [0.15, 0.2) is 0 Å². The molecule has 0 N–H and O–H groups in total. The first-order valence-electron chi connectivity index (χ1n) is 6.31. The number of allylic oxidation sites excluding steroid dienone is 1. The number of carbonyl (C=O) groups is 1. The molecule has 0 aromatic carbocycles. The second-order valence-electron chi connectivity index (χ2n) is 4.49. The highest BCUT2D eigenvalue weighted by atomic mass is 32.2. The minimum atomic E-state index is -0.335. The van der Waals surface area contributed by atoms with Gasteiger partial charge in [-0.15, -0.1) is 17.4 Å². The Balaban J connectivity index is 2.08. The van der Waals surface area contributed by atoms with E-state index in [1.807, 2.05) is 6.26 Å². The van der Waals surface area contributed by atoms with Crippen molar-refractivity contribution in [3.63, 3.8) is 0 Å². The van der Waals surface area contributed by atoms with Gasteiger partial charge in [-0.1, -0.05) is 5.70 Å². The molecule has 0 aromatic heterocycles. The molecule has 0 atom stereocenters. The molecule has 0 spiro atoms. The molecule has 0 radical (unpaired) electrons. The molecule has 5 nitrogen and oxygen atoms in total. The Hall–Kier alpha value is -2.02. The molecule has 0 aromatic rings. The zero-order valence-electron chi connectivity index (χ0n) is 11.8. The highest BCUT2D eigenvalue weighted by Crippen LogP contribution is 2.34. The van der Waals surface area contributed by atoms with Gasteiger partial charge in [0.25, 0.3) is 0 Å². The van der Waals surface area contributed by atoms with Crippen molar-refractivity contribution < 1.29 is 13.8 Å². The van der Waals surface area contributed by atoms with E-state index >= 15 is 0 Å². The van der Waals surface area contributed by atoms with Gasteiger partial charge in [-0.2, -0.15) is 18.0 Å². The topological polar surface area (TPSA) is 51.5 Å². The van der Waals surface area contributed by atoms with Gasteiger partial charge in [-0.25, -0.2) is 9.18 Å². The first kappa shape index (κ1) is 15.4. The summed E-state index contributed by atoms with van der Waals surface area (Å²) in [6, 6.07) is 0. The molecular formula is C14H16FN4OS-. The van der Waals surface area contributed by atoms with Gasteiger partial charge >= 0.3 is 5.91 Å². The van der Waals surface area contributed by atoms with Crippen molar-refractivity contribution in [1.29, 1.82) is 0 Å². The van der Waals surface area contributed by atoms with Gasteiger partial charge in [0.2, 0.25) is 5.70 Å². The van der Waals surface area contributed by atoms with E-state index in [2.05, 4.69) is 24.0 Å². The molecule has 2 aliphatic heterocycles. The number of hydrogen-bond acceptors (Lipinski definition) is 3. The van der Waals surface area contributed by atoms with Crippen molar-refractivity contribution >= 4 is 24.4 Å². The summed E-state index contributed by atoms with van der Waals surface area (Å²) in [5, 5.41) is 5.28. The predicted octanol–water partition coefficient (Wildman–Crippen LogP) is 3.37. The van der Waals surface area contributed by atoms with Crippen LogP contribution in [-0.2, 0) is 4.79 Å². The fourth-order valence-corrected chi connectivity index (χ4v) is 2.22. The van der Waals surface area contributed by atoms with Crippen LogP contribution in [0.2, 0.25) is 0 Å². The standard InChI is InChI=1S/C14H16FN4OS/c1-10-13(18(2)14(20)4-5-21-3)9-19(17-10)12-6-11(15)7-16-8-12/h7-9H,1-2,4-6H2,3H3/q-1. The van der Waals surface area contributed by atoms with Gasteiger partial charge in [0.1, 0.15) is 6.72 Å². The van der Waals surface area contributed by atoms with Crippen molar-refractivity contribution in [3.05, 3.63) is 58.8 Å². The third-order valence-corrected chi connectivity index (χ3v) is 3.58. The maximum Gasteiger partial charge on any atom is 0.392 e. The molecule has 2 heterocycles. The van der Waals surface area contributed by atoms with Crippen LogP contribution in [0, 0.1) is 0 Å². The normalized spacial score (nSPS) is 17.5. The van der Waals surface area contributed by atoms with Crippen LogP contribution < -0.4 is 0 Å². The molecule has 112 valence electrons. The number of halogens is 1. The molecule has 0 unspecified atom stereocenters. The van der Waals surface area contributed by atoms with E-state index in [0.717, 1.165) is 5.75 Å². The summed E-state index contributed by atoms with van der Waals surface area (Å²) in [6.45, 7) is 7.55. The molecule has 7 heteroatoms. The van der Waals surface area contributed by atoms with Crippen LogP contribution in [0.15, 0.2) is 48.1 Å². The number of nitrogens with zero attached hydrogens (tertiary/aromatic N) is 4. The van der Waals surface area contributed by atoms with Crippen molar-refractivity contribution in [1.82, 2.24) is 5.01 Å². The van der Waals surface area contributed by atoms with Gasteiger partial charge in [-0.3, -0.25) is 0 Å². The van der Waals surface area contributed by atoms with Crippen molar-refractivity contribution in [2.24, 2.45) is 0 Å². The molecule has 0 saturated heterocycles. The smallest absolute Gasteiger partial charge is 0.392 e. The Labute approximate surface area is 127 Å². The lowest BCUT2D eigenvalue weighted by Gasteiger charge is -2.36. The Morgan fingerprint density at radius 3 is 3.00 bits per heavy atom. The predicted molar refractivity (Wildman–Crippen MR) is 83.1 cm³/mol.